The Hall–Kier alpha value is -0.610. The van der Waals surface area contributed by atoms with Gasteiger partial charge in [0.2, 0.25) is 5.91 Å². The zero-order valence-electron chi connectivity index (χ0n) is 9.50. The molecule has 1 aliphatic rings. The molecule has 88 valence electrons. The molecule has 0 saturated heterocycles. The SMILES string of the molecule is CCOCC(=O)NCC1CCCCC1N. The van der Waals surface area contributed by atoms with E-state index in [-0.39, 0.29) is 18.6 Å². The molecule has 4 nitrogen and oxygen atoms in total. The number of hydrogen-bond donors (Lipinski definition) is 2. The second-order valence-electron chi connectivity index (χ2n) is 4.15. The summed E-state index contributed by atoms with van der Waals surface area (Å²) in [4.78, 5) is 11.3. The van der Waals surface area contributed by atoms with Crippen LogP contribution >= 0.6 is 0 Å². The first kappa shape index (κ1) is 12.5. The van der Waals surface area contributed by atoms with E-state index in [0.29, 0.717) is 19.1 Å². The second kappa shape index (κ2) is 6.80. The molecule has 1 rings (SSSR count). The molecule has 0 aliphatic heterocycles. The standard InChI is InChI=1S/C11H22N2O2/c1-2-15-8-11(14)13-7-9-5-3-4-6-10(9)12/h9-10H,2-8,12H2,1H3,(H,13,14). The lowest BCUT2D eigenvalue weighted by Gasteiger charge is -2.28. The second-order valence-corrected chi connectivity index (χ2v) is 4.15. The average molecular weight is 214 g/mol. The fourth-order valence-electron chi connectivity index (χ4n) is 1.98. The zero-order valence-corrected chi connectivity index (χ0v) is 9.50. The van der Waals surface area contributed by atoms with Crippen molar-refractivity contribution in [3.8, 4) is 0 Å². The number of nitrogens with two attached hydrogens (primary N) is 1. The molecule has 1 fully saturated rings. The van der Waals surface area contributed by atoms with E-state index < -0.39 is 0 Å². The van der Waals surface area contributed by atoms with Crippen molar-refractivity contribution in [3.05, 3.63) is 0 Å². The van der Waals surface area contributed by atoms with Gasteiger partial charge in [0.25, 0.3) is 0 Å². The van der Waals surface area contributed by atoms with Gasteiger partial charge in [-0.1, -0.05) is 12.8 Å². The summed E-state index contributed by atoms with van der Waals surface area (Å²) in [6.07, 6.45) is 4.69. The molecule has 0 aromatic heterocycles. The van der Waals surface area contributed by atoms with Gasteiger partial charge in [0.05, 0.1) is 0 Å². The Morgan fingerprint density at radius 3 is 2.87 bits per heavy atom. The molecule has 15 heavy (non-hydrogen) atoms. The summed E-state index contributed by atoms with van der Waals surface area (Å²) in [5.41, 5.74) is 5.98. The van der Waals surface area contributed by atoms with E-state index in [0.717, 1.165) is 12.8 Å². The average Bonchev–Trinajstić information content (AvgIpc) is 2.25. The number of hydrogen-bond acceptors (Lipinski definition) is 3. The van der Waals surface area contributed by atoms with Gasteiger partial charge in [0.15, 0.2) is 0 Å². The van der Waals surface area contributed by atoms with Gasteiger partial charge in [-0.15, -0.1) is 0 Å². The molecular formula is C11H22N2O2. The van der Waals surface area contributed by atoms with Crippen molar-refractivity contribution in [1.29, 1.82) is 0 Å². The van der Waals surface area contributed by atoms with Gasteiger partial charge in [-0.3, -0.25) is 4.79 Å². The summed E-state index contributed by atoms with van der Waals surface area (Å²) in [5, 5.41) is 2.87. The minimum Gasteiger partial charge on any atom is -0.372 e. The quantitative estimate of drug-likeness (QED) is 0.706. The van der Waals surface area contributed by atoms with Crippen LogP contribution in [0.25, 0.3) is 0 Å². The van der Waals surface area contributed by atoms with Crippen LogP contribution < -0.4 is 11.1 Å². The summed E-state index contributed by atoms with van der Waals surface area (Å²) in [5.74, 6) is 0.416. The van der Waals surface area contributed by atoms with Crippen molar-refractivity contribution >= 4 is 5.91 Å². The van der Waals surface area contributed by atoms with E-state index in [2.05, 4.69) is 5.32 Å². The van der Waals surface area contributed by atoms with Gasteiger partial charge in [-0.25, -0.2) is 0 Å². The van der Waals surface area contributed by atoms with Gasteiger partial charge in [-0.05, 0) is 25.7 Å². The number of carbonyl (C=O) groups is 1. The first-order valence-electron chi connectivity index (χ1n) is 5.84. The molecule has 0 spiro atoms. The van der Waals surface area contributed by atoms with E-state index in [9.17, 15) is 4.79 Å². The van der Waals surface area contributed by atoms with Gasteiger partial charge in [0.1, 0.15) is 6.61 Å². The Bertz CT molecular complexity index is 197. The minimum absolute atomic E-state index is 0.0328. The Morgan fingerprint density at radius 2 is 2.20 bits per heavy atom. The van der Waals surface area contributed by atoms with Crippen molar-refractivity contribution in [2.75, 3.05) is 19.8 Å². The summed E-state index contributed by atoms with van der Waals surface area (Å²) in [6, 6.07) is 0.256. The Balaban J connectivity index is 2.14. The lowest BCUT2D eigenvalue weighted by Crippen LogP contribution is -2.41. The maximum absolute atomic E-state index is 11.3. The molecular weight excluding hydrogens is 192 g/mol. The number of rotatable bonds is 5. The van der Waals surface area contributed by atoms with Crippen LogP contribution in [0.5, 0.6) is 0 Å². The number of ether oxygens (including phenoxy) is 1. The van der Waals surface area contributed by atoms with Crippen LogP contribution in [0.15, 0.2) is 0 Å². The van der Waals surface area contributed by atoms with E-state index >= 15 is 0 Å². The molecule has 4 heteroatoms. The van der Waals surface area contributed by atoms with Crippen molar-refractivity contribution in [1.82, 2.24) is 5.32 Å². The predicted octanol–water partition coefficient (Wildman–Crippen LogP) is 0.657. The molecule has 1 aliphatic carbocycles. The third-order valence-corrected chi connectivity index (χ3v) is 2.97. The summed E-state index contributed by atoms with van der Waals surface area (Å²) in [7, 11) is 0. The van der Waals surface area contributed by atoms with Gasteiger partial charge in [0, 0.05) is 19.2 Å². The highest BCUT2D eigenvalue weighted by atomic mass is 16.5. The lowest BCUT2D eigenvalue weighted by atomic mass is 9.85. The van der Waals surface area contributed by atoms with Crippen LogP contribution in [0.1, 0.15) is 32.6 Å². The van der Waals surface area contributed by atoms with Crippen molar-refractivity contribution in [3.63, 3.8) is 0 Å². The van der Waals surface area contributed by atoms with Gasteiger partial charge in [-0.2, -0.15) is 0 Å². The highest BCUT2D eigenvalue weighted by Gasteiger charge is 2.21. The normalized spacial score (nSPS) is 26.3. The first-order valence-corrected chi connectivity index (χ1v) is 5.84. The Kier molecular flexibility index (Phi) is 5.65. The number of nitrogens with one attached hydrogen (secondary N) is 1. The smallest absolute Gasteiger partial charge is 0.246 e. The van der Waals surface area contributed by atoms with E-state index in [1.54, 1.807) is 0 Å². The molecule has 2 unspecified atom stereocenters. The molecule has 2 atom stereocenters. The predicted molar refractivity (Wildman–Crippen MR) is 59.4 cm³/mol. The van der Waals surface area contributed by atoms with Crippen molar-refractivity contribution in [2.24, 2.45) is 11.7 Å². The first-order chi connectivity index (χ1) is 7.24. The third-order valence-electron chi connectivity index (χ3n) is 2.97. The minimum atomic E-state index is -0.0328. The fourth-order valence-corrected chi connectivity index (χ4v) is 1.98. The van der Waals surface area contributed by atoms with Crippen LogP contribution in [0.4, 0.5) is 0 Å². The third kappa shape index (κ3) is 4.62. The van der Waals surface area contributed by atoms with Crippen LogP contribution in [0.2, 0.25) is 0 Å². The molecule has 3 N–H and O–H groups in total. The van der Waals surface area contributed by atoms with Gasteiger partial charge >= 0.3 is 0 Å². The van der Waals surface area contributed by atoms with Crippen LogP contribution in [0.3, 0.4) is 0 Å². The number of carbonyl (C=O) groups excluding carboxylic acids is 1. The fraction of sp³-hybridized carbons (Fsp3) is 0.909. The number of amides is 1. The molecule has 0 aromatic carbocycles. The molecule has 0 aromatic rings. The topological polar surface area (TPSA) is 64.3 Å². The van der Waals surface area contributed by atoms with Gasteiger partial charge < -0.3 is 15.8 Å². The summed E-state index contributed by atoms with van der Waals surface area (Å²) in [6.45, 7) is 3.33. The highest BCUT2D eigenvalue weighted by molar-refractivity contribution is 5.77. The summed E-state index contributed by atoms with van der Waals surface area (Å²) < 4.78 is 5.02. The monoisotopic (exact) mass is 214 g/mol. The van der Waals surface area contributed by atoms with E-state index in [4.69, 9.17) is 10.5 Å². The van der Waals surface area contributed by atoms with Crippen LogP contribution in [-0.2, 0) is 9.53 Å². The van der Waals surface area contributed by atoms with Crippen LogP contribution in [-0.4, -0.2) is 31.7 Å². The lowest BCUT2D eigenvalue weighted by molar-refractivity contribution is -0.125. The van der Waals surface area contributed by atoms with Crippen LogP contribution in [0, 0.1) is 5.92 Å². The molecule has 0 heterocycles. The molecule has 1 amide bonds. The Morgan fingerprint density at radius 1 is 1.47 bits per heavy atom. The molecule has 0 bridgehead atoms. The molecule has 0 radical (unpaired) electrons. The largest absolute Gasteiger partial charge is 0.372 e. The van der Waals surface area contributed by atoms with E-state index in [1.807, 2.05) is 6.92 Å². The van der Waals surface area contributed by atoms with Crippen molar-refractivity contribution in [2.45, 2.75) is 38.6 Å². The van der Waals surface area contributed by atoms with E-state index in [1.165, 1.54) is 12.8 Å². The summed E-state index contributed by atoms with van der Waals surface area (Å²) >= 11 is 0. The van der Waals surface area contributed by atoms with Crippen molar-refractivity contribution < 1.29 is 9.53 Å². The maximum Gasteiger partial charge on any atom is 0.246 e. The molecule has 1 saturated carbocycles. The highest BCUT2D eigenvalue weighted by Crippen LogP contribution is 2.21. The Labute approximate surface area is 91.5 Å². The maximum atomic E-state index is 11.3. The zero-order chi connectivity index (χ0) is 11.1.